The van der Waals surface area contributed by atoms with Crippen LogP contribution >= 0.6 is 0 Å². The number of ketones is 1. The van der Waals surface area contributed by atoms with Crippen molar-refractivity contribution >= 4 is 34.4 Å². The number of para-hydroxylation sites is 1. The lowest BCUT2D eigenvalue weighted by molar-refractivity contribution is -0.140. The molecule has 198 valence electrons. The van der Waals surface area contributed by atoms with Gasteiger partial charge in [-0.25, -0.2) is 0 Å². The molecule has 38 heavy (non-hydrogen) atoms. The molecule has 0 spiro atoms. The van der Waals surface area contributed by atoms with Crippen molar-refractivity contribution in [2.75, 3.05) is 6.54 Å². The van der Waals surface area contributed by atoms with Crippen molar-refractivity contribution in [2.45, 2.75) is 50.6 Å². The number of fused-ring (bicyclic) bond motifs is 1. The van der Waals surface area contributed by atoms with Gasteiger partial charge in [0.05, 0.1) is 0 Å². The first-order valence-electron chi connectivity index (χ1n) is 13.0. The molecule has 2 unspecified atom stereocenters. The van der Waals surface area contributed by atoms with Gasteiger partial charge in [-0.05, 0) is 49.3 Å². The highest BCUT2D eigenvalue weighted by Crippen LogP contribution is 2.33. The van der Waals surface area contributed by atoms with Crippen molar-refractivity contribution in [1.82, 2.24) is 25.9 Å². The molecular weight excluding hydrogens is 486 g/mol. The number of H-pyrrole nitrogens is 2. The summed E-state index contributed by atoms with van der Waals surface area (Å²) in [4.78, 5) is 70.1. The van der Waals surface area contributed by atoms with Crippen LogP contribution in [0.5, 0.6) is 0 Å². The zero-order chi connectivity index (χ0) is 26.6. The Hall–Kier alpha value is -4.21. The van der Waals surface area contributed by atoms with Crippen LogP contribution in [0.2, 0.25) is 0 Å². The molecular formula is C28H31N5O5. The van der Waals surface area contributed by atoms with E-state index >= 15 is 0 Å². The smallest absolute Gasteiger partial charge is 0.289 e. The number of aromatic nitrogens is 2. The molecule has 2 atom stereocenters. The standard InChI is InChI=1S/C28H31N5O5/c34-24(28(38)30-15-17-9-10-17)21(14-19-5-3-11-29-25(19)35)32-26(36)22(12-16-7-8-16)33-27(37)23-13-18-4-1-2-6-20(18)31-23/h1-6,11,13,16-17,21-22,31H,7-10,12,14-15H2,(H,29,35)(H,30,38)(H,32,36)(H,33,37). The van der Waals surface area contributed by atoms with Gasteiger partial charge in [0, 0.05) is 35.6 Å². The zero-order valence-corrected chi connectivity index (χ0v) is 20.9. The number of nitrogens with one attached hydrogen (secondary N) is 5. The number of pyridine rings is 1. The van der Waals surface area contributed by atoms with Gasteiger partial charge >= 0.3 is 0 Å². The van der Waals surface area contributed by atoms with E-state index in [1.54, 1.807) is 18.2 Å². The molecule has 10 heteroatoms. The Morgan fingerprint density at radius 2 is 1.68 bits per heavy atom. The monoisotopic (exact) mass is 517 g/mol. The lowest BCUT2D eigenvalue weighted by Crippen LogP contribution is -2.55. The second kappa shape index (κ2) is 11.0. The van der Waals surface area contributed by atoms with Crippen LogP contribution in [0, 0.1) is 11.8 Å². The summed E-state index contributed by atoms with van der Waals surface area (Å²) >= 11 is 0. The number of carbonyl (C=O) groups excluding carboxylic acids is 4. The Morgan fingerprint density at radius 3 is 2.39 bits per heavy atom. The van der Waals surface area contributed by atoms with Crippen LogP contribution in [0.25, 0.3) is 10.9 Å². The van der Waals surface area contributed by atoms with Gasteiger partial charge in [-0.1, -0.05) is 37.1 Å². The molecule has 1 aromatic carbocycles. The summed E-state index contributed by atoms with van der Waals surface area (Å²) in [6, 6.07) is 10.2. The van der Waals surface area contributed by atoms with Crippen molar-refractivity contribution in [1.29, 1.82) is 0 Å². The Balaban J connectivity index is 1.32. The van der Waals surface area contributed by atoms with Gasteiger partial charge in [-0.2, -0.15) is 0 Å². The molecule has 10 nitrogen and oxygen atoms in total. The molecule has 2 aliphatic rings. The molecule has 2 fully saturated rings. The van der Waals surface area contributed by atoms with Crippen molar-refractivity contribution in [3.63, 3.8) is 0 Å². The lowest BCUT2D eigenvalue weighted by Gasteiger charge is -2.22. The van der Waals surface area contributed by atoms with Crippen molar-refractivity contribution in [3.8, 4) is 0 Å². The number of carbonyl (C=O) groups is 4. The molecule has 0 bridgehead atoms. The number of hydrogen-bond acceptors (Lipinski definition) is 5. The first-order chi connectivity index (χ1) is 18.4. The molecule has 5 N–H and O–H groups in total. The Labute approximate surface area is 219 Å². The highest BCUT2D eigenvalue weighted by atomic mass is 16.2. The highest BCUT2D eigenvalue weighted by Gasteiger charge is 2.35. The van der Waals surface area contributed by atoms with Gasteiger partial charge in [0.2, 0.25) is 11.7 Å². The number of amides is 3. The number of benzene rings is 1. The van der Waals surface area contributed by atoms with Gasteiger partial charge in [-0.15, -0.1) is 0 Å². The molecule has 3 aromatic rings. The first kappa shape index (κ1) is 25.4. The Kier molecular flexibility index (Phi) is 7.39. The van der Waals surface area contributed by atoms with Crippen molar-refractivity contribution in [3.05, 3.63) is 70.3 Å². The van der Waals surface area contributed by atoms with Crippen molar-refractivity contribution in [2.24, 2.45) is 11.8 Å². The summed E-state index contributed by atoms with van der Waals surface area (Å²) in [7, 11) is 0. The van der Waals surface area contributed by atoms with E-state index in [1.807, 2.05) is 24.3 Å². The lowest BCUT2D eigenvalue weighted by atomic mass is 10.0. The summed E-state index contributed by atoms with van der Waals surface area (Å²) < 4.78 is 0. The minimum Gasteiger partial charge on any atom is -0.351 e. The number of aromatic amines is 2. The number of Topliss-reactive ketones (excluding diaryl/α,β-unsaturated/α-hetero) is 1. The largest absolute Gasteiger partial charge is 0.351 e. The van der Waals surface area contributed by atoms with Crippen LogP contribution in [0.15, 0.2) is 53.5 Å². The summed E-state index contributed by atoms with van der Waals surface area (Å²) in [6.07, 6.45) is 5.66. The van der Waals surface area contributed by atoms with Crippen molar-refractivity contribution < 1.29 is 19.2 Å². The Bertz CT molecular complexity index is 1390. The predicted molar refractivity (Wildman–Crippen MR) is 140 cm³/mol. The van der Waals surface area contributed by atoms with E-state index in [-0.39, 0.29) is 12.0 Å². The van der Waals surface area contributed by atoms with E-state index in [4.69, 9.17) is 0 Å². The van der Waals surface area contributed by atoms with Crippen LogP contribution in [0.3, 0.4) is 0 Å². The minimum atomic E-state index is -1.25. The molecule has 2 saturated carbocycles. The topological polar surface area (TPSA) is 153 Å². The molecule has 0 radical (unpaired) electrons. The third-order valence-corrected chi connectivity index (χ3v) is 7.09. The SMILES string of the molecule is O=C(NCC1CC1)C(=O)C(Cc1ccc[nH]c1=O)NC(=O)C(CC1CC1)NC(=O)c1cc2ccccc2[nH]1. The average Bonchev–Trinajstić information content (AvgIpc) is 3.85. The minimum absolute atomic E-state index is 0.149. The van der Waals surface area contributed by atoms with Crippen LogP contribution in [0.1, 0.15) is 48.2 Å². The molecule has 3 amide bonds. The molecule has 5 rings (SSSR count). The van der Waals surface area contributed by atoms with E-state index in [1.165, 1.54) is 6.20 Å². The van der Waals surface area contributed by atoms with Gasteiger partial charge in [-0.3, -0.25) is 24.0 Å². The summed E-state index contributed by atoms with van der Waals surface area (Å²) in [5.41, 5.74) is 0.987. The van der Waals surface area contributed by atoms with Gasteiger partial charge in [0.1, 0.15) is 17.8 Å². The van der Waals surface area contributed by atoms with Crippen LogP contribution in [-0.2, 0) is 20.8 Å². The average molecular weight is 518 g/mol. The zero-order valence-electron chi connectivity index (χ0n) is 20.9. The van der Waals surface area contributed by atoms with Gasteiger partial charge in [0.25, 0.3) is 17.4 Å². The number of rotatable bonds is 12. The highest BCUT2D eigenvalue weighted by molar-refractivity contribution is 6.38. The fraction of sp³-hybridized carbons (Fsp3) is 0.393. The quantitative estimate of drug-likeness (QED) is 0.231. The molecule has 0 saturated heterocycles. The fourth-order valence-electron chi connectivity index (χ4n) is 4.47. The van der Waals surface area contributed by atoms with E-state index in [0.717, 1.165) is 36.6 Å². The second-order valence-corrected chi connectivity index (χ2v) is 10.3. The molecule has 0 aliphatic heterocycles. The number of hydrogen-bond donors (Lipinski definition) is 5. The second-order valence-electron chi connectivity index (χ2n) is 10.3. The fourth-order valence-corrected chi connectivity index (χ4v) is 4.47. The predicted octanol–water partition coefficient (Wildman–Crippen LogP) is 1.58. The maximum atomic E-state index is 13.4. The van der Waals surface area contributed by atoms with Gasteiger partial charge < -0.3 is 25.9 Å². The summed E-state index contributed by atoms with van der Waals surface area (Å²) in [5, 5.41) is 8.98. The van der Waals surface area contributed by atoms with E-state index < -0.39 is 41.1 Å². The van der Waals surface area contributed by atoms with E-state index in [2.05, 4.69) is 25.9 Å². The van der Waals surface area contributed by atoms with Crippen LogP contribution in [0.4, 0.5) is 0 Å². The van der Waals surface area contributed by atoms with E-state index in [9.17, 15) is 24.0 Å². The normalized spacial score (nSPS) is 16.4. The van der Waals surface area contributed by atoms with E-state index in [0.29, 0.717) is 30.5 Å². The maximum absolute atomic E-state index is 13.4. The van der Waals surface area contributed by atoms with Crippen LogP contribution < -0.4 is 21.5 Å². The summed E-state index contributed by atoms with van der Waals surface area (Å²) in [5.74, 6) is -1.96. The third-order valence-electron chi connectivity index (χ3n) is 7.09. The molecule has 2 aliphatic carbocycles. The van der Waals surface area contributed by atoms with Crippen LogP contribution in [-0.4, -0.2) is 52.1 Å². The maximum Gasteiger partial charge on any atom is 0.289 e. The third kappa shape index (κ3) is 6.37. The Morgan fingerprint density at radius 1 is 0.921 bits per heavy atom. The summed E-state index contributed by atoms with van der Waals surface area (Å²) in [6.45, 7) is 0.405. The molecule has 2 aromatic heterocycles. The van der Waals surface area contributed by atoms with Gasteiger partial charge in [0.15, 0.2) is 0 Å². The molecule has 2 heterocycles. The first-order valence-corrected chi connectivity index (χ1v) is 13.0.